The predicted octanol–water partition coefficient (Wildman–Crippen LogP) is 6.34. The van der Waals surface area contributed by atoms with Crippen LogP contribution in [-0.4, -0.2) is 13.3 Å². The highest BCUT2D eigenvalue weighted by molar-refractivity contribution is 7.95. The van der Waals surface area contributed by atoms with E-state index in [0.29, 0.717) is 23.9 Å². The van der Waals surface area contributed by atoms with Crippen molar-refractivity contribution in [2.75, 3.05) is 13.3 Å². The fourth-order valence-corrected chi connectivity index (χ4v) is 8.29. The summed E-state index contributed by atoms with van der Waals surface area (Å²) in [4.78, 5) is 0. The van der Waals surface area contributed by atoms with Gasteiger partial charge in [-0.2, -0.15) is 0 Å². The number of benzene rings is 4. The number of halogens is 4. The minimum atomic E-state index is -2.45. The monoisotopic (exact) mass is 482 g/mol. The standard InChI is InChI=1S/C28H24F4OP/c29-16-7-17-33-22-12-14-25(15-13-22)34(23-8-3-1-4-9-23,24-10-5-2-6-11-24)20-21-18-26(30)28(32)27(31)19-21/h1-6,8-15,18-19H,7,16-17,20H2/q+1/i29-1. The highest BCUT2D eigenvalue weighted by atomic mass is 31.2. The molecular weight excluding hydrogens is 458 g/mol. The molecule has 0 saturated heterocycles. The van der Waals surface area contributed by atoms with Gasteiger partial charge in [0.2, 0.25) is 0 Å². The number of rotatable bonds is 9. The summed E-state index contributed by atoms with van der Waals surface area (Å²) in [5, 5.41) is 3.03. The Morgan fingerprint density at radius 3 is 1.65 bits per heavy atom. The van der Waals surface area contributed by atoms with Gasteiger partial charge in [0.1, 0.15) is 28.9 Å². The lowest BCUT2D eigenvalue weighted by Crippen LogP contribution is -2.32. The minimum absolute atomic E-state index is 0.279. The number of hydrogen-bond acceptors (Lipinski definition) is 1. The van der Waals surface area contributed by atoms with Crippen LogP contribution in [0, 0.1) is 17.5 Å². The van der Waals surface area contributed by atoms with E-state index < -0.39 is 31.4 Å². The van der Waals surface area contributed by atoms with E-state index in [9.17, 15) is 17.6 Å². The highest BCUT2D eigenvalue weighted by Gasteiger charge is 2.45. The lowest BCUT2D eigenvalue weighted by molar-refractivity contribution is 0.290. The molecular formula is C28H24F4OP+. The molecule has 0 heterocycles. The fraction of sp³-hybridized carbons (Fsp3) is 0.143. The van der Waals surface area contributed by atoms with Crippen LogP contribution < -0.4 is 20.7 Å². The summed E-state index contributed by atoms with van der Waals surface area (Å²) < 4.78 is 60.1. The summed E-state index contributed by atoms with van der Waals surface area (Å²) in [7, 11) is -2.45. The van der Waals surface area contributed by atoms with Crippen LogP contribution in [0.25, 0.3) is 0 Å². The minimum Gasteiger partial charge on any atom is -0.493 e. The van der Waals surface area contributed by atoms with E-state index in [2.05, 4.69) is 0 Å². The van der Waals surface area contributed by atoms with E-state index in [0.717, 1.165) is 28.0 Å². The molecule has 0 unspecified atom stereocenters. The first kappa shape index (κ1) is 24.0. The highest BCUT2D eigenvalue weighted by Crippen LogP contribution is 2.58. The first-order valence-electron chi connectivity index (χ1n) is 11.0. The van der Waals surface area contributed by atoms with Crippen LogP contribution >= 0.6 is 7.26 Å². The van der Waals surface area contributed by atoms with Crippen molar-refractivity contribution in [3.05, 3.63) is 120 Å². The zero-order chi connectivity index (χ0) is 24.0. The van der Waals surface area contributed by atoms with Crippen molar-refractivity contribution in [2.24, 2.45) is 0 Å². The molecule has 0 amide bonds. The van der Waals surface area contributed by atoms with Crippen molar-refractivity contribution in [1.29, 1.82) is 0 Å². The van der Waals surface area contributed by atoms with E-state index in [1.165, 1.54) is 0 Å². The Balaban J connectivity index is 1.89. The second-order valence-electron chi connectivity index (χ2n) is 7.90. The van der Waals surface area contributed by atoms with E-state index in [1.54, 1.807) is 0 Å². The lowest BCUT2D eigenvalue weighted by Gasteiger charge is -2.28. The van der Waals surface area contributed by atoms with Crippen molar-refractivity contribution in [1.82, 2.24) is 0 Å². The number of hydrogen-bond donors (Lipinski definition) is 0. The Hall–Kier alpha value is -3.17. The quantitative estimate of drug-likeness (QED) is 0.117. The third-order valence-electron chi connectivity index (χ3n) is 5.68. The van der Waals surface area contributed by atoms with Crippen LogP contribution in [0.2, 0.25) is 0 Å². The van der Waals surface area contributed by atoms with Crippen molar-refractivity contribution in [3.8, 4) is 5.75 Å². The molecule has 4 aromatic rings. The second-order valence-corrected chi connectivity index (χ2v) is 11.4. The Bertz CT molecular complexity index is 1150. The summed E-state index contributed by atoms with van der Waals surface area (Å²) in [6.07, 6.45) is 0.617. The smallest absolute Gasteiger partial charge is 0.194 e. The van der Waals surface area contributed by atoms with Crippen LogP contribution in [0.4, 0.5) is 17.6 Å². The van der Waals surface area contributed by atoms with Gasteiger partial charge in [0.15, 0.2) is 17.5 Å². The molecule has 0 radical (unpaired) electrons. The Morgan fingerprint density at radius 2 is 1.15 bits per heavy atom. The molecule has 6 heteroatoms. The van der Waals surface area contributed by atoms with Crippen LogP contribution in [0.5, 0.6) is 5.75 Å². The van der Waals surface area contributed by atoms with Crippen molar-refractivity contribution in [2.45, 2.75) is 12.6 Å². The van der Waals surface area contributed by atoms with E-state index in [1.807, 2.05) is 84.9 Å². The van der Waals surface area contributed by atoms with Gasteiger partial charge in [-0.1, -0.05) is 36.4 Å². The maximum absolute atomic E-state index is 14.2. The molecule has 1 nitrogen and oxygen atoms in total. The molecule has 0 spiro atoms. The van der Waals surface area contributed by atoms with Gasteiger partial charge in [0.25, 0.3) is 0 Å². The molecule has 34 heavy (non-hydrogen) atoms. The van der Waals surface area contributed by atoms with Crippen LogP contribution in [0.1, 0.15) is 12.0 Å². The number of alkyl halides is 1. The molecule has 0 N–H and O–H groups in total. The maximum atomic E-state index is 14.2. The molecule has 0 aliphatic carbocycles. The summed E-state index contributed by atoms with van der Waals surface area (Å²) in [6, 6.07) is 29.4. The largest absolute Gasteiger partial charge is 0.493 e. The molecule has 0 fully saturated rings. The first-order valence-corrected chi connectivity index (χ1v) is 12.9. The maximum Gasteiger partial charge on any atom is 0.194 e. The third kappa shape index (κ3) is 5.00. The molecule has 0 aliphatic rings. The Kier molecular flexibility index (Phi) is 7.64. The molecule has 4 rings (SSSR count). The summed E-state index contributed by atoms with van der Waals surface area (Å²) in [6.45, 7) is -0.166. The second kappa shape index (κ2) is 10.8. The molecule has 0 saturated carbocycles. The van der Waals surface area contributed by atoms with Crippen molar-refractivity contribution >= 4 is 23.2 Å². The van der Waals surface area contributed by atoms with Gasteiger partial charge in [-0.3, -0.25) is 4.39 Å². The van der Waals surface area contributed by atoms with Gasteiger partial charge in [-0.25, -0.2) is 13.2 Å². The molecule has 0 atom stereocenters. The summed E-state index contributed by atoms with van der Waals surface area (Å²) in [5.74, 6) is -3.26. The Morgan fingerprint density at radius 1 is 0.647 bits per heavy atom. The van der Waals surface area contributed by atoms with Crippen molar-refractivity contribution < 1.29 is 22.3 Å². The summed E-state index contributed by atoms with van der Waals surface area (Å²) >= 11 is 0. The van der Waals surface area contributed by atoms with Crippen LogP contribution in [-0.2, 0) is 6.16 Å². The van der Waals surface area contributed by atoms with E-state index in [-0.39, 0.29) is 6.61 Å². The average Bonchev–Trinajstić information content (AvgIpc) is 2.87. The zero-order valence-electron chi connectivity index (χ0n) is 18.4. The topological polar surface area (TPSA) is 9.23 Å². The van der Waals surface area contributed by atoms with Gasteiger partial charge in [0, 0.05) is 6.42 Å². The predicted molar refractivity (Wildman–Crippen MR) is 131 cm³/mol. The van der Waals surface area contributed by atoms with Gasteiger partial charge >= 0.3 is 0 Å². The van der Waals surface area contributed by atoms with Crippen LogP contribution in [0.15, 0.2) is 97.1 Å². The van der Waals surface area contributed by atoms with Gasteiger partial charge in [0.05, 0.1) is 19.4 Å². The molecule has 0 aromatic heterocycles. The van der Waals surface area contributed by atoms with Gasteiger partial charge in [-0.15, -0.1) is 0 Å². The fourth-order valence-electron chi connectivity index (χ4n) is 4.10. The first-order chi connectivity index (χ1) is 16.5. The van der Waals surface area contributed by atoms with E-state index >= 15 is 0 Å². The van der Waals surface area contributed by atoms with Gasteiger partial charge in [-0.05, 0) is 66.2 Å². The average molecular weight is 482 g/mol. The molecule has 4 aromatic carbocycles. The van der Waals surface area contributed by atoms with Crippen molar-refractivity contribution in [3.63, 3.8) is 0 Å². The normalized spacial score (nSPS) is 11.4. The van der Waals surface area contributed by atoms with Gasteiger partial charge < -0.3 is 4.74 Å². The molecule has 0 bridgehead atoms. The zero-order valence-corrected chi connectivity index (χ0v) is 19.3. The molecule has 174 valence electrons. The SMILES string of the molecule is Fc1cc(C[P+](c2ccccc2)(c2ccccc2)c2ccc(OCCC[18F])cc2)cc(F)c1F. The Labute approximate surface area is 197 Å². The summed E-state index contributed by atoms with van der Waals surface area (Å²) in [5.41, 5.74) is 0.376. The number of ether oxygens (including phenoxy) is 1. The lowest BCUT2D eigenvalue weighted by atomic mass is 10.2. The van der Waals surface area contributed by atoms with Crippen LogP contribution in [0.3, 0.4) is 0 Å². The molecule has 0 aliphatic heterocycles. The van der Waals surface area contributed by atoms with E-state index in [4.69, 9.17) is 4.74 Å². The third-order valence-corrected chi connectivity index (χ3v) is 10.1.